The van der Waals surface area contributed by atoms with Crippen molar-refractivity contribution in [1.82, 2.24) is 5.32 Å². The molecule has 1 unspecified atom stereocenters. The number of hydrogen-bond acceptors (Lipinski definition) is 2. The summed E-state index contributed by atoms with van der Waals surface area (Å²) in [6.45, 7) is 3.68. The number of para-hydroxylation sites is 1. The van der Waals surface area contributed by atoms with E-state index in [0.29, 0.717) is 12.6 Å². The van der Waals surface area contributed by atoms with Gasteiger partial charge in [-0.1, -0.05) is 48.5 Å². The SMILES string of the molecule is CC(COc1ccccc1)NCc1ccccc1. The van der Waals surface area contributed by atoms with Crippen molar-refractivity contribution < 1.29 is 4.74 Å². The van der Waals surface area contributed by atoms with Gasteiger partial charge in [0.1, 0.15) is 12.4 Å². The molecule has 2 aromatic rings. The van der Waals surface area contributed by atoms with E-state index >= 15 is 0 Å². The van der Waals surface area contributed by atoms with Crippen molar-refractivity contribution in [3.05, 3.63) is 66.2 Å². The molecule has 0 aromatic heterocycles. The van der Waals surface area contributed by atoms with Crippen LogP contribution in [0.2, 0.25) is 0 Å². The molecule has 0 bridgehead atoms. The van der Waals surface area contributed by atoms with Crippen molar-refractivity contribution in [2.24, 2.45) is 0 Å². The Kier molecular flexibility index (Phi) is 4.79. The molecule has 0 spiro atoms. The Balaban J connectivity index is 1.71. The average Bonchev–Trinajstić information content (AvgIpc) is 2.45. The van der Waals surface area contributed by atoms with Crippen molar-refractivity contribution in [3.63, 3.8) is 0 Å². The van der Waals surface area contributed by atoms with E-state index in [1.54, 1.807) is 0 Å². The monoisotopic (exact) mass is 241 g/mol. The van der Waals surface area contributed by atoms with Gasteiger partial charge in [0.2, 0.25) is 0 Å². The lowest BCUT2D eigenvalue weighted by atomic mass is 10.2. The van der Waals surface area contributed by atoms with Crippen molar-refractivity contribution in [2.75, 3.05) is 6.61 Å². The number of rotatable bonds is 6. The largest absolute Gasteiger partial charge is 0.492 e. The van der Waals surface area contributed by atoms with Crippen LogP contribution in [0.25, 0.3) is 0 Å². The maximum atomic E-state index is 5.69. The van der Waals surface area contributed by atoms with Crippen LogP contribution in [0, 0.1) is 0 Å². The first kappa shape index (κ1) is 12.7. The second kappa shape index (κ2) is 6.82. The molecule has 0 aliphatic heterocycles. The first-order chi connectivity index (χ1) is 8.84. The highest BCUT2D eigenvalue weighted by atomic mass is 16.5. The van der Waals surface area contributed by atoms with Gasteiger partial charge in [-0.05, 0) is 24.6 Å². The van der Waals surface area contributed by atoms with E-state index in [4.69, 9.17) is 4.74 Å². The zero-order chi connectivity index (χ0) is 12.6. The molecule has 18 heavy (non-hydrogen) atoms. The standard InChI is InChI=1S/C16H19NO/c1-14(13-18-16-10-6-3-7-11-16)17-12-15-8-4-2-5-9-15/h2-11,14,17H,12-13H2,1H3. The minimum Gasteiger partial charge on any atom is -0.492 e. The summed E-state index contributed by atoms with van der Waals surface area (Å²) in [6, 6.07) is 20.6. The quantitative estimate of drug-likeness (QED) is 0.838. The highest BCUT2D eigenvalue weighted by Gasteiger charge is 2.02. The van der Waals surface area contributed by atoms with E-state index in [1.165, 1.54) is 5.56 Å². The molecule has 0 radical (unpaired) electrons. The Morgan fingerprint density at radius 2 is 1.56 bits per heavy atom. The number of ether oxygens (including phenoxy) is 1. The molecule has 2 rings (SSSR count). The highest BCUT2D eigenvalue weighted by Crippen LogP contribution is 2.08. The van der Waals surface area contributed by atoms with Gasteiger partial charge in [0, 0.05) is 12.6 Å². The smallest absolute Gasteiger partial charge is 0.119 e. The van der Waals surface area contributed by atoms with Gasteiger partial charge in [-0.15, -0.1) is 0 Å². The summed E-state index contributed by atoms with van der Waals surface area (Å²) in [7, 11) is 0. The fraction of sp³-hybridized carbons (Fsp3) is 0.250. The second-order valence-corrected chi connectivity index (χ2v) is 4.39. The molecule has 0 heterocycles. The summed E-state index contributed by atoms with van der Waals surface area (Å²) in [5.41, 5.74) is 1.30. The van der Waals surface area contributed by atoms with Crippen LogP contribution in [0.3, 0.4) is 0 Å². The van der Waals surface area contributed by atoms with Crippen LogP contribution < -0.4 is 10.1 Å². The molecular formula is C16H19NO. The Morgan fingerprint density at radius 3 is 2.22 bits per heavy atom. The average molecular weight is 241 g/mol. The van der Waals surface area contributed by atoms with E-state index in [-0.39, 0.29) is 0 Å². The zero-order valence-corrected chi connectivity index (χ0v) is 10.7. The minimum absolute atomic E-state index is 0.324. The molecule has 0 amide bonds. The maximum absolute atomic E-state index is 5.69. The molecular weight excluding hydrogens is 222 g/mol. The predicted octanol–water partition coefficient (Wildman–Crippen LogP) is 3.24. The third kappa shape index (κ3) is 4.22. The summed E-state index contributed by atoms with van der Waals surface area (Å²) >= 11 is 0. The topological polar surface area (TPSA) is 21.3 Å². The van der Waals surface area contributed by atoms with E-state index in [2.05, 4.69) is 36.5 Å². The lowest BCUT2D eigenvalue weighted by Gasteiger charge is -2.15. The van der Waals surface area contributed by atoms with E-state index in [9.17, 15) is 0 Å². The number of benzene rings is 2. The van der Waals surface area contributed by atoms with Crippen molar-refractivity contribution in [1.29, 1.82) is 0 Å². The van der Waals surface area contributed by atoms with E-state index < -0.39 is 0 Å². The van der Waals surface area contributed by atoms with Gasteiger partial charge in [0.15, 0.2) is 0 Å². The lowest BCUT2D eigenvalue weighted by Crippen LogP contribution is -2.31. The van der Waals surface area contributed by atoms with Gasteiger partial charge in [0.05, 0.1) is 0 Å². The van der Waals surface area contributed by atoms with Crippen LogP contribution >= 0.6 is 0 Å². The summed E-state index contributed by atoms with van der Waals surface area (Å²) in [5, 5.41) is 3.44. The van der Waals surface area contributed by atoms with Crippen molar-refractivity contribution >= 4 is 0 Å². The summed E-state index contributed by atoms with van der Waals surface area (Å²) in [6.07, 6.45) is 0. The summed E-state index contributed by atoms with van der Waals surface area (Å²) in [5.74, 6) is 0.922. The molecule has 2 aromatic carbocycles. The van der Waals surface area contributed by atoms with Crippen molar-refractivity contribution in [3.8, 4) is 5.75 Å². The second-order valence-electron chi connectivity index (χ2n) is 4.39. The van der Waals surface area contributed by atoms with Crippen LogP contribution in [0.5, 0.6) is 5.75 Å². The number of nitrogens with one attached hydrogen (secondary N) is 1. The Bertz CT molecular complexity index is 398. The highest BCUT2D eigenvalue weighted by molar-refractivity contribution is 5.21. The minimum atomic E-state index is 0.324. The molecule has 1 N–H and O–H groups in total. The van der Waals surface area contributed by atoms with Gasteiger partial charge in [0.25, 0.3) is 0 Å². The number of hydrogen-bond donors (Lipinski definition) is 1. The van der Waals surface area contributed by atoms with E-state index in [1.807, 2.05) is 36.4 Å². The van der Waals surface area contributed by atoms with Crippen LogP contribution in [-0.2, 0) is 6.54 Å². The lowest BCUT2D eigenvalue weighted by molar-refractivity contribution is 0.272. The third-order valence-electron chi connectivity index (χ3n) is 2.74. The van der Waals surface area contributed by atoms with Gasteiger partial charge in [-0.3, -0.25) is 0 Å². The van der Waals surface area contributed by atoms with Crippen LogP contribution in [-0.4, -0.2) is 12.6 Å². The molecule has 0 fully saturated rings. The Morgan fingerprint density at radius 1 is 0.944 bits per heavy atom. The third-order valence-corrected chi connectivity index (χ3v) is 2.74. The molecule has 0 aliphatic rings. The van der Waals surface area contributed by atoms with Crippen LogP contribution in [0.1, 0.15) is 12.5 Å². The fourth-order valence-corrected chi connectivity index (χ4v) is 1.68. The van der Waals surface area contributed by atoms with Gasteiger partial charge < -0.3 is 10.1 Å². The predicted molar refractivity (Wildman–Crippen MR) is 74.7 cm³/mol. The molecule has 1 atom stereocenters. The molecule has 2 heteroatoms. The molecule has 2 nitrogen and oxygen atoms in total. The maximum Gasteiger partial charge on any atom is 0.119 e. The Labute approximate surface area is 109 Å². The van der Waals surface area contributed by atoms with Gasteiger partial charge in [-0.2, -0.15) is 0 Å². The first-order valence-electron chi connectivity index (χ1n) is 6.30. The molecule has 94 valence electrons. The fourth-order valence-electron chi connectivity index (χ4n) is 1.68. The van der Waals surface area contributed by atoms with Gasteiger partial charge >= 0.3 is 0 Å². The van der Waals surface area contributed by atoms with Crippen LogP contribution in [0.4, 0.5) is 0 Å². The summed E-state index contributed by atoms with van der Waals surface area (Å²) in [4.78, 5) is 0. The molecule has 0 aliphatic carbocycles. The zero-order valence-electron chi connectivity index (χ0n) is 10.7. The summed E-state index contributed by atoms with van der Waals surface area (Å²) < 4.78 is 5.69. The Hall–Kier alpha value is -1.80. The van der Waals surface area contributed by atoms with Gasteiger partial charge in [-0.25, -0.2) is 0 Å². The first-order valence-corrected chi connectivity index (χ1v) is 6.30. The molecule has 0 saturated carbocycles. The van der Waals surface area contributed by atoms with Crippen molar-refractivity contribution in [2.45, 2.75) is 19.5 Å². The van der Waals surface area contributed by atoms with Crippen LogP contribution in [0.15, 0.2) is 60.7 Å². The normalized spacial score (nSPS) is 12.1. The molecule has 0 saturated heterocycles. The van der Waals surface area contributed by atoms with E-state index in [0.717, 1.165) is 12.3 Å².